The van der Waals surface area contributed by atoms with Crippen LogP contribution >= 0.6 is 0 Å². The number of carbonyl (C=O) groups is 1. The van der Waals surface area contributed by atoms with Crippen LogP contribution in [0.3, 0.4) is 0 Å². The van der Waals surface area contributed by atoms with Crippen molar-refractivity contribution in [2.75, 3.05) is 33.3 Å². The van der Waals surface area contributed by atoms with Crippen molar-refractivity contribution in [1.82, 2.24) is 10.2 Å². The number of hydrogen-bond donors (Lipinski definition) is 1. The van der Waals surface area contributed by atoms with Crippen LogP contribution in [-0.2, 0) is 9.53 Å². The van der Waals surface area contributed by atoms with Gasteiger partial charge in [-0.3, -0.25) is 9.69 Å². The lowest BCUT2D eigenvalue weighted by Gasteiger charge is -2.31. The number of hydrogen-bond acceptors (Lipinski definition) is 3. The van der Waals surface area contributed by atoms with Crippen molar-refractivity contribution in [1.29, 1.82) is 0 Å². The minimum absolute atomic E-state index is 0.186. The molecule has 2 aliphatic rings. The average Bonchev–Trinajstić information content (AvgIpc) is 3.01. The van der Waals surface area contributed by atoms with E-state index in [0.717, 1.165) is 39.1 Å². The lowest BCUT2D eigenvalue weighted by atomic mass is 9.97. The Morgan fingerprint density at radius 3 is 3.07 bits per heavy atom. The Labute approximate surface area is 84.6 Å². The van der Waals surface area contributed by atoms with E-state index in [0.29, 0.717) is 6.10 Å². The van der Waals surface area contributed by atoms with Crippen LogP contribution in [0, 0.1) is 5.92 Å². The molecule has 2 heterocycles. The summed E-state index contributed by atoms with van der Waals surface area (Å²) in [4.78, 5) is 13.8. The van der Waals surface area contributed by atoms with Gasteiger partial charge in [-0.25, -0.2) is 0 Å². The molecular weight excluding hydrogens is 180 g/mol. The molecule has 0 aromatic rings. The molecule has 1 amide bonds. The van der Waals surface area contributed by atoms with Crippen molar-refractivity contribution >= 4 is 5.91 Å². The number of amides is 1. The molecule has 4 heteroatoms. The zero-order valence-corrected chi connectivity index (χ0v) is 8.66. The van der Waals surface area contributed by atoms with Gasteiger partial charge in [0.15, 0.2) is 0 Å². The predicted molar refractivity (Wildman–Crippen MR) is 53.0 cm³/mol. The Balaban J connectivity index is 1.79. The van der Waals surface area contributed by atoms with Crippen molar-refractivity contribution in [2.24, 2.45) is 5.92 Å². The first-order valence-corrected chi connectivity index (χ1v) is 5.35. The molecule has 0 bridgehead atoms. The monoisotopic (exact) mass is 198 g/mol. The van der Waals surface area contributed by atoms with Crippen LogP contribution in [0.15, 0.2) is 0 Å². The summed E-state index contributed by atoms with van der Waals surface area (Å²) in [7, 11) is 1.71. The molecule has 2 aliphatic heterocycles. The van der Waals surface area contributed by atoms with E-state index in [9.17, 15) is 4.79 Å². The van der Waals surface area contributed by atoms with Gasteiger partial charge in [0.25, 0.3) is 0 Å². The lowest BCUT2D eigenvalue weighted by Crippen LogP contribution is -2.43. The predicted octanol–water partition coefficient (Wildman–Crippen LogP) is -0.157. The molecule has 2 atom stereocenters. The topological polar surface area (TPSA) is 44.9 Å². The third-order valence-electron chi connectivity index (χ3n) is 2.99. The number of rotatable bonds is 3. The fourth-order valence-electron chi connectivity index (χ4n) is 2.10. The van der Waals surface area contributed by atoms with E-state index in [1.165, 1.54) is 0 Å². The highest BCUT2D eigenvalue weighted by molar-refractivity contribution is 5.78. The number of ether oxygens (including phenoxy) is 1. The Hall–Kier alpha value is -0.610. The fraction of sp³-hybridized carbons (Fsp3) is 0.900. The van der Waals surface area contributed by atoms with E-state index in [-0.39, 0.29) is 11.8 Å². The fourth-order valence-corrected chi connectivity index (χ4v) is 2.10. The lowest BCUT2D eigenvalue weighted by molar-refractivity contribution is -0.126. The largest absolute Gasteiger partial charge is 0.372 e. The van der Waals surface area contributed by atoms with E-state index in [1.54, 1.807) is 7.05 Å². The summed E-state index contributed by atoms with van der Waals surface area (Å²) < 4.78 is 5.19. The SMILES string of the molecule is CNC(=O)C1CCCN(CC2CO2)C1. The summed E-state index contributed by atoms with van der Waals surface area (Å²) >= 11 is 0. The second-order valence-corrected chi connectivity index (χ2v) is 4.17. The number of nitrogens with one attached hydrogen (secondary N) is 1. The van der Waals surface area contributed by atoms with Crippen molar-refractivity contribution in [3.63, 3.8) is 0 Å². The van der Waals surface area contributed by atoms with Crippen LogP contribution in [0.5, 0.6) is 0 Å². The average molecular weight is 198 g/mol. The first kappa shape index (κ1) is 9.93. The third-order valence-corrected chi connectivity index (χ3v) is 2.99. The van der Waals surface area contributed by atoms with Crippen molar-refractivity contribution in [2.45, 2.75) is 18.9 Å². The summed E-state index contributed by atoms with van der Waals surface area (Å²) in [6.45, 7) is 3.93. The Kier molecular flexibility index (Phi) is 3.03. The van der Waals surface area contributed by atoms with Gasteiger partial charge in [0, 0.05) is 20.1 Å². The summed E-state index contributed by atoms with van der Waals surface area (Å²) in [6.07, 6.45) is 2.60. The molecule has 0 spiro atoms. The minimum Gasteiger partial charge on any atom is -0.372 e. The molecule has 0 aromatic carbocycles. The van der Waals surface area contributed by atoms with Gasteiger partial charge in [-0.1, -0.05) is 0 Å². The first-order valence-electron chi connectivity index (χ1n) is 5.35. The number of nitrogens with zero attached hydrogens (tertiary/aromatic N) is 1. The number of carbonyl (C=O) groups excluding carboxylic acids is 1. The third kappa shape index (κ3) is 2.45. The number of likely N-dealkylation sites (tertiary alicyclic amines) is 1. The quantitative estimate of drug-likeness (QED) is 0.641. The molecule has 2 unspecified atom stereocenters. The van der Waals surface area contributed by atoms with Crippen molar-refractivity contribution < 1.29 is 9.53 Å². The number of piperidine rings is 1. The first-order chi connectivity index (χ1) is 6.79. The van der Waals surface area contributed by atoms with E-state index < -0.39 is 0 Å². The summed E-state index contributed by atoms with van der Waals surface area (Å²) in [5, 5.41) is 2.73. The van der Waals surface area contributed by atoms with Crippen LogP contribution in [0.25, 0.3) is 0 Å². The maximum atomic E-state index is 11.4. The molecule has 2 saturated heterocycles. The Bertz CT molecular complexity index is 216. The Morgan fingerprint density at radius 1 is 1.64 bits per heavy atom. The van der Waals surface area contributed by atoms with Gasteiger partial charge in [0.2, 0.25) is 5.91 Å². The van der Waals surface area contributed by atoms with Gasteiger partial charge in [0.05, 0.1) is 18.6 Å². The maximum absolute atomic E-state index is 11.4. The van der Waals surface area contributed by atoms with Crippen LogP contribution < -0.4 is 5.32 Å². The smallest absolute Gasteiger partial charge is 0.224 e. The van der Waals surface area contributed by atoms with Crippen LogP contribution in [0.1, 0.15) is 12.8 Å². The van der Waals surface area contributed by atoms with E-state index in [2.05, 4.69) is 10.2 Å². The molecule has 4 nitrogen and oxygen atoms in total. The van der Waals surface area contributed by atoms with Crippen LogP contribution in [-0.4, -0.2) is 50.2 Å². The summed E-state index contributed by atoms with van der Waals surface area (Å²) in [5.74, 6) is 0.374. The minimum atomic E-state index is 0.186. The highest BCUT2D eigenvalue weighted by Crippen LogP contribution is 2.19. The number of epoxide rings is 1. The highest BCUT2D eigenvalue weighted by Gasteiger charge is 2.30. The molecule has 0 radical (unpaired) electrons. The molecule has 14 heavy (non-hydrogen) atoms. The van der Waals surface area contributed by atoms with Gasteiger partial charge in [0.1, 0.15) is 0 Å². The molecular formula is C10H18N2O2. The molecule has 80 valence electrons. The zero-order valence-electron chi connectivity index (χ0n) is 8.66. The summed E-state index contributed by atoms with van der Waals surface area (Å²) in [5.41, 5.74) is 0. The standard InChI is InChI=1S/C10H18N2O2/c1-11-10(13)8-3-2-4-12(5-8)6-9-7-14-9/h8-9H,2-7H2,1H3,(H,11,13). The second kappa shape index (κ2) is 4.28. The van der Waals surface area contributed by atoms with E-state index in [4.69, 9.17) is 4.74 Å². The second-order valence-electron chi connectivity index (χ2n) is 4.17. The molecule has 2 rings (SSSR count). The van der Waals surface area contributed by atoms with Crippen LogP contribution in [0.4, 0.5) is 0 Å². The molecule has 0 aromatic heterocycles. The molecule has 0 aliphatic carbocycles. The highest BCUT2D eigenvalue weighted by atomic mass is 16.6. The van der Waals surface area contributed by atoms with Gasteiger partial charge in [-0.2, -0.15) is 0 Å². The van der Waals surface area contributed by atoms with E-state index >= 15 is 0 Å². The van der Waals surface area contributed by atoms with Gasteiger partial charge >= 0.3 is 0 Å². The van der Waals surface area contributed by atoms with Gasteiger partial charge in [-0.05, 0) is 19.4 Å². The molecule has 1 N–H and O–H groups in total. The molecule has 2 fully saturated rings. The van der Waals surface area contributed by atoms with Crippen molar-refractivity contribution in [3.8, 4) is 0 Å². The molecule has 0 saturated carbocycles. The Morgan fingerprint density at radius 2 is 2.43 bits per heavy atom. The summed E-state index contributed by atoms with van der Waals surface area (Å²) in [6, 6.07) is 0. The van der Waals surface area contributed by atoms with Gasteiger partial charge < -0.3 is 10.1 Å². The van der Waals surface area contributed by atoms with Crippen molar-refractivity contribution in [3.05, 3.63) is 0 Å². The normalized spacial score (nSPS) is 32.6. The maximum Gasteiger partial charge on any atom is 0.224 e. The van der Waals surface area contributed by atoms with E-state index in [1.807, 2.05) is 0 Å². The van der Waals surface area contributed by atoms with Crippen LogP contribution in [0.2, 0.25) is 0 Å². The zero-order chi connectivity index (χ0) is 9.97. The van der Waals surface area contributed by atoms with Gasteiger partial charge in [-0.15, -0.1) is 0 Å².